The summed E-state index contributed by atoms with van der Waals surface area (Å²) in [6.45, 7) is 0.442. The largest absolute Gasteiger partial charge is 0.497 e. The molecule has 1 atom stereocenters. The summed E-state index contributed by atoms with van der Waals surface area (Å²) < 4.78 is 10.8. The van der Waals surface area contributed by atoms with Crippen molar-refractivity contribution < 1.29 is 9.47 Å². The number of methoxy groups -OCH3 is 1. The fraction of sp³-hybridized carbons (Fsp3) is 0.200. The van der Waals surface area contributed by atoms with E-state index in [0.717, 1.165) is 17.1 Å². The Balaban J connectivity index is 1.97. The molecule has 94 valence electrons. The van der Waals surface area contributed by atoms with Gasteiger partial charge in [-0.3, -0.25) is 0 Å². The van der Waals surface area contributed by atoms with E-state index in [1.165, 1.54) is 0 Å². The van der Waals surface area contributed by atoms with E-state index in [1.807, 2.05) is 54.6 Å². The molecule has 0 fully saturated rings. The first-order valence-corrected chi connectivity index (χ1v) is 5.87. The van der Waals surface area contributed by atoms with Crippen LogP contribution in [0.2, 0.25) is 0 Å². The van der Waals surface area contributed by atoms with Gasteiger partial charge in [-0.05, 0) is 29.8 Å². The van der Waals surface area contributed by atoms with E-state index in [1.54, 1.807) is 7.11 Å². The monoisotopic (exact) mass is 243 g/mol. The first-order valence-electron chi connectivity index (χ1n) is 5.87. The average Bonchev–Trinajstić information content (AvgIpc) is 2.46. The summed E-state index contributed by atoms with van der Waals surface area (Å²) in [5.41, 5.74) is 7.09. The number of hydrogen-bond donors (Lipinski definition) is 1. The Labute approximate surface area is 107 Å². The van der Waals surface area contributed by atoms with Gasteiger partial charge >= 0.3 is 0 Å². The molecule has 0 radical (unpaired) electrons. The molecule has 18 heavy (non-hydrogen) atoms. The van der Waals surface area contributed by atoms with E-state index in [9.17, 15) is 0 Å². The summed E-state index contributed by atoms with van der Waals surface area (Å²) in [6.07, 6.45) is 0. The molecule has 0 bridgehead atoms. The highest BCUT2D eigenvalue weighted by atomic mass is 16.5. The Morgan fingerprint density at radius 1 is 1.00 bits per heavy atom. The first kappa shape index (κ1) is 12.5. The van der Waals surface area contributed by atoms with Crippen LogP contribution in [0.3, 0.4) is 0 Å². The molecular weight excluding hydrogens is 226 g/mol. The molecule has 1 unspecified atom stereocenters. The van der Waals surface area contributed by atoms with Gasteiger partial charge in [0.25, 0.3) is 0 Å². The van der Waals surface area contributed by atoms with Gasteiger partial charge in [-0.15, -0.1) is 0 Å². The maximum absolute atomic E-state index is 6.09. The Kier molecular flexibility index (Phi) is 4.20. The highest BCUT2D eigenvalue weighted by Gasteiger charge is 2.07. The number of ether oxygens (including phenoxy) is 2. The molecule has 2 aromatic rings. The van der Waals surface area contributed by atoms with Crippen molar-refractivity contribution in [3.63, 3.8) is 0 Å². The van der Waals surface area contributed by atoms with Crippen LogP contribution in [-0.2, 0) is 0 Å². The number of benzene rings is 2. The summed E-state index contributed by atoms with van der Waals surface area (Å²) in [7, 11) is 1.64. The molecule has 0 saturated heterocycles. The third-order valence-electron chi connectivity index (χ3n) is 2.69. The zero-order chi connectivity index (χ0) is 12.8. The predicted octanol–water partition coefficient (Wildman–Crippen LogP) is 2.77. The lowest BCUT2D eigenvalue weighted by atomic mass is 10.1. The molecule has 3 nitrogen and oxygen atoms in total. The lowest BCUT2D eigenvalue weighted by Crippen LogP contribution is -2.18. The minimum Gasteiger partial charge on any atom is -0.497 e. The predicted molar refractivity (Wildman–Crippen MR) is 71.9 cm³/mol. The molecule has 0 saturated carbocycles. The lowest BCUT2D eigenvalue weighted by Gasteiger charge is -2.14. The summed E-state index contributed by atoms with van der Waals surface area (Å²) in [5.74, 6) is 1.64. The smallest absolute Gasteiger partial charge is 0.119 e. The molecule has 2 aromatic carbocycles. The van der Waals surface area contributed by atoms with Crippen LogP contribution in [0.15, 0.2) is 54.6 Å². The highest BCUT2D eigenvalue weighted by Crippen LogP contribution is 2.18. The Hall–Kier alpha value is -2.00. The number of para-hydroxylation sites is 1. The third-order valence-corrected chi connectivity index (χ3v) is 2.69. The van der Waals surface area contributed by atoms with Crippen molar-refractivity contribution in [1.82, 2.24) is 0 Å². The van der Waals surface area contributed by atoms with Gasteiger partial charge in [0.1, 0.15) is 18.1 Å². The number of hydrogen-bond acceptors (Lipinski definition) is 3. The molecule has 0 spiro atoms. The first-order chi connectivity index (χ1) is 8.79. The zero-order valence-electron chi connectivity index (χ0n) is 10.4. The summed E-state index contributed by atoms with van der Waals surface area (Å²) >= 11 is 0. The number of rotatable bonds is 5. The third kappa shape index (κ3) is 3.25. The standard InChI is InChI=1S/C15H17NO2/c1-17-14-9-5-6-12(10-14)15(16)11-18-13-7-3-2-4-8-13/h2-10,15H,11,16H2,1H3. The van der Waals surface area contributed by atoms with Crippen molar-refractivity contribution >= 4 is 0 Å². The molecule has 2 N–H and O–H groups in total. The van der Waals surface area contributed by atoms with E-state index in [0.29, 0.717) is 6.61 Å². The van der Waals surface area contributed by atoms with Crippen molar-refractivity contribution in [2.24, 2.45) is 5.73 Å². The van der Waals surface area contributed by atoms with E-state index in [4.69, 9.17) is 15.2 Å². The van der Waals surface area contributed by atoms with Crippen LogP contribution in [-0.4, -0.2) is 13.7 Å². The molecule has 0 aliphatic rings. The van der Waals surface area contributed by atoms with Gasteiger partial charge in [-0.25, -0.2) is 0 Å². The molecule has 0 amide bonds. The minimum absolute atomic E-state index is 0.166. The van der Waals surface area contributed by atoms with Gasteiger partial charge in [0.15, 0.2) is 0 Å². The molecule has 0 aliphatic heterocycles. The summed E-state index contributed by atoms with van der Waals surface area (Å²) in [5, 5.41) is 0. The topological polar surface area (TPSA) is 44.5 Å². The molecule has 3 heteroatoms. The van der Waals surface area contributed by atoms with Crippen molar-refractivity contribution in [3.05, 3.63) is 60.2 Å². The van der Waals surface area contributed by atoms with Crippen LogP contribution in [0, 0.1) is 0 Å². The van der Waals surface area contributed by atoms with Gasteiger partial charge in [-0.1, -0.05) is 30.3 Å². The lowest BCUT2D eigenvalue weighted by molar-refractivity contribution is 0.290. The van der Waals surface area contributed by atoms with E-state index in [-0.39, 0.29) is 6.04 Å². The summed E-state index contributed by atoms with van der Waals surface area (Å²) in [6, 6.07) is 17.2. The van der Waals surface area contributed by atoms with Crippen LogP contribution in [0.5, 0.6) is 11.5 Å². The highest BCUT2D eigenvalue weighted by molar-refractivity contribution is 5.30. The van der Waals surface area contributed by atoms with Gasteiger partial charge in [0.05, 0.1) is 13.2 Å². The van der Waals surface area contributed by atoms with Crippen molar-refractivity contribution in [1.29, 1.82) is 0 Å². The Morgan fingerprint density at radius 3 is 2.44 bits per heavy atom. The SMILES string of the molecule is COc1cccc(C(N)COc2ccccc2)c1. The van der Waals surface area contributed by atoms with Gasteiger partial charge in [-0.2, -0.15) is 0 Å². The quantitative estimate of drug-likeness (QED) is 0.878. The van der Waals surface area contributed by atoms with E-state index >= 15 is 0 Å². The Morgan fingerprint density at radius 2 is 1.72 bits per heavy atom. The molecule has 0 aromatic heterocycles. The van der Waals surface area contributed by atoms with Gasteiger partial charge in [0.2, 0.25) is 0 Å². The van der Waals surface area contributed by atoms with Crippen molar-refractivity contribution in [3.8, 4) is 11.5 Å². The fourth-order valence-electron chi connectivity index (χ4n) is 1.67. The average molecular weight is 243 g/mol. The molecular formula is C15H17NO2. The summed E-state index contributed by atoms with van der Waals surface area (Å²) in [4.78, 5) is 0. The molecule has 0 aliphatic carbocycles. The van der Waals surface area contributed by atoms with Crippen LogP contribution >= 0.6 is 0 Å². The van der Waals surface area contributed by atoms with Gasteiger partial charge in [0, 0.05) is 0 Å². The second-order valence-corrected chi connectivity index (χ2v) is 4.01. The van der Waals surface area contributed by atoms with Crippen LogP contribution in [0.1, 0.15) is 11.6 Å². The van der Waals surface area contributed by atoms with Crippen LogP contribution < -0.4 is 15.2 Å². The normalized spacial score (nSPS) is 11.9. The fourth-order valence-corrected chi connectivity index (χ4v) is 1.67. The maximum atomic E-state index is 6.09. The maximum Gasteiger partial charge on any atom is 0.119 e. The zero-order valence-corrected chi connectivity index (χ0v) is 10.4. The van der Waals surface area contributed by atoms with E-state index < -0.39 is 0 Å². The Bertz CT molecular complexity index is 485. The second-order valence-electron chi connectivity index (χ2n) is 4.01. The molecule has 2 rings (SSSR count). The van der Waals surface area contributed by atoms with Crippen LogP contribution in [0.4, 0.5) is 0 Å². The van der Waals surface area contributed by atoms with Crippen molar-refractivity contribution in [2.75, 3.05) is 13.7 Å². The molecule has 0 heterocycles. The second kappa shape index (κ2) is 6.07. The van der Waals surface area contributed by atoms with Crippen LogP contribution in [0.25, 0.3) is 0 Å². The van der Waals surface area contributed by atoms with Gasteiger partial charge < -0.3 is 15.2 Å². The van der Waals surface area contributed by atoms with Crippen molar-refractivity contribution in [2.45, 2.75) is 6.04 Å². The number of nitrogens with two attached hydrogens (primary N) is 1. The van der Waals surface area contributed by atoms with E-state index in [2.05, 4.69) is 0 Å². The minimum atomic E-state index is -0.166.